The number of ether oxygens (including phenoxy) is 1. The molecule has 2 aromatic rings. The lowest BCUT2D eigenvalue weighted by molar-refractivity contribution is 0.271. The highest BCUT2D eigenvalue weighted by Gasteiger charge is 2.24. The van der Waals surface area contributed by atoms with Crippen LogP contribution in [0.3, 0.4) is 0 Å². The Morgan fingerprint density at radius 2 is 2.05 bits per heavy atom. The minimum absolute atomic E-state index is 0.526. The predicted molar refractivity (Wildman–Crippen MR) is 80.0 cm³/mol. The molecule has 1 saturated heterocycles. The van der Waals surface area contributed by atoms with Crippen molar-refractivity contribution in [3.63, 3.8) is 0 Å². The average Bonchev–Trinajstić information content (AvgIpc) is 2.98. The quantitative estimate of drug-likeness (QED) is 0.837. The van der Waals surface area contributed by atoms with Gasteiger partial charge in [0.05, 0.1) is 0 Å². The molecule has 2 heterocycles. The lowest BCUT2D eigenvalue weighted by Crippen LogP contribution is -2.22. The lowest BCUT2D eigenvalue weighted by Gasteiger charge is -2.22. The highest BCUT2D eigenvalue weighted by Crippen LogP contribution is 2.31. The molecule has 20 heavy (non-hydrogen) atoms. The van der Waals surface area contributed by atoms with Gasteiger partial charge in [0.25, 0.3) is 0 Å². The topological polar surface area (TPSA) is 25.4 Å². The number of rotatable bonds is 4. The second-order valence-corrected chi connectivity index (χ2v) is 5.13. The van der Waals surface area contributed by atoms with Gasteiger partial charge in [0.15, 0.2) is 0 Å². The molecule has 3 nitrogen and oxygen atoms in total. The smallest absolute Gasteiger partial charge is 0.219 e. The number of hydrogen-bond acceptors (Lipinski definition) is 3. The molecule has 0 amide bonds. The van der Waals surface area contributed by atoms with Crippen molar-refractivity contribution in [1.82, 2.24) is 9.88 Å². The molecule has 1 atom stereocenters. The number of nitrogens with zero attached hydrogens (tertiary/aromatic N) is 2. The third kappa shape index (κ3) is 2.83. The van der Waals surface area contributed by atoms with Crippen molar-refractivity contribution in [2.24, 2.45) is 0 Å². The van der Waals surface area contributed by atoms with Gasteiger partial charge in [-0.2, -0.15) is 0 Å². The maximum Gasteiger partial charge on any atom is 0.219 e. The molecular formula is C17H20N2O. The summed E-state index contributed by atoms with van der Waals surface area (Å²) in [6, 6.07) is 14.4. The number of likely N-dealkylation sites (tertiary alicyclic amines) is 1. The number of aromatic nitrogens is 1. The average molecular weight is 268 g/mol. The number of pyridine rings is 1. The van der Waals surface area contributed by atoms with Crippen molar-refractivity contribution in [2.45, 2.75) is 25.8 Å². The SMILES string of the molecule is CCN1CCC[C@H]1c1ccc(Oc2ccccc2)nc1. The Hall–Kier alpha value is -1.87. The summed E-state index contributed by atoms with van der Waals surface area (Å²) in [6.45, 7) is 4.52. The van der Waals surface area contributed by atoms with Gasteiger partial charge < -0.3 is 4.74 Å². The Balaban J connectivity index is 1.71. The standard InChI is InChI=1S/C17H20N2O/c1-2-19-12-6-9-16(19)14-10-11-17(18-13-14)20-15-7-4-3-5-8-15/h3-5,7-8,10-11,13,16H,2,6,9,12H2,1H3/t16-/m0/s1. The van der Waals surface area contributed by atoms with Crippen molar-refractivity contribution in [3.05, 3.63) is 54.2 Å². The van der Waals surface area contributed by atoms with Crippen LogP contribution in [0, 0.1) is 0 Å². The Bertz CT molecular complexity index is 539. The molecule has 3 heteroatoms. The molecule has 1 aromatic carbocycles. The van der Waals surface area contributed by atoms with Gasteiger partial charge in [0, 0.05) is 18.3 Å². The van der Waals surface area contributed by atoms with E-state index in [0.717, 1.165) is 12.3 Å². The van der Waals surface area contributed by atoms with E-state index in [-0.39, 0.29) is 0 Å². The molecule has 0 bridgehead atoms. The van der Waals surface area contributed by atoms with Gasteiger partial charge in [-0.1, -0.05) is 31.2 Å². The molecule has 0 N–H and O–H groups in total. The number of hydrogen-bond donors (Lipinski definition) is 0. The summed E-state index contributed by atoms with van der Waals surface area (Å²) in [6.07, 6.45) is 4.46. The molecule has 104 valence electrons. The predicted octanol–water partition coefficient (Wildman–Crippen LogP) is 4.03. The van der Waals surface area contributed by atoms with Crippen molar-refractivity contribution in [3.8, 4) is 11.6 Å². The maximum atomic E-state index is 5.72. The van der Waals surface area contributed by atoms with Crippen molar-refractivity contribution in [2.75, 3.05) is 13.1 Å². The molecular weight excluding hydrogens is 248 g/mol. The number of benzene rings is 1. The van der Waals surface area contributed by atoms with E-state index in [4.69, 9.17) is 4.74 Å². The van der Waals surface area contributed by atoms with Crippen LogP contribution in [0.15, 0.2) is 48.7 Å². The summed E-state index contributed by atoms with van der Waals surface area (Å²) >= 11 is 0. The first-order valence-corrected chi connectivity index (χ1v) is 7.29. The van der Waals surface area contributed by atoms with E-state index in [1.807, 2.05) is 42.6 Å². The first kappa shape index (κ1) is 13.1. The Morgan fingerprint density at radius 3 is 2.75 bits per heavy atom. The van der Waals surface area contributed by atoms with Gasteiger partial charge in [-0.05, 0) is 43.6 Å². The molecule has 0 aliphatic carbocycles. The fourth-order valence-electron chi connectivity index (χ4n) is 2.84. The normalized spacial score (nSPS) is 19.1. The Kier molecular flexibility index (Phi) is 3.97. The van der Waals surface area contributed by atoms with Crippen molar-refractivity contribution >= 4 is 0 Å². The largest absolute Gasteiger partial charge is 0.439 e. The minimum Gasteiger partial charge on any atom is -0.439 e. The third-order valence-electron chi connectivity index (χ3n) is 3.88. The van der Waals surface area contributed by atoms with Gasteiger partial charge in [-0.25, -0.2) is 4.98 Å². The van der Waals surface area contributed by atoms with Gasteiger partial charge in [-0.3, -0.25) is 4.90 Å². The van der Waals surface area contributed by atoms with E-state index in [9.17, 15) is 0 Å². The van der Waals surface area contributed by atoms with E-state index < -0.39 is 0 Å². The minimum atomic E-state index is 0.526. The summed E-state index contributed by atoms with van der Waals surface area (Å²) < 4.78 is 5.72. The van der Waals surface area contributed by atoms with E-state index in [2.05, 4.69) is 22.9 Å². The third-order valence-corrected chi connectivity index (χ3v) is 3.88. The second kappa shape index (κ2) is 6.06. The van der Waals surface area contributed by atoms with Crippen LogP contribution in [0.1, 0.15) is 31.4 Å². The highest BCUT2D eigenvalue weighted by molar-refractivity contribution is 5.28. The van der Waals surface area contributed by atoms with Gasteiger partial charge in [-0.15, -0.1) is 0 Å². The molecule has 1 aromatic heterocycles. The molecule has 3 rings (SSSR count). The fraction of sp³-hybridized carbons (Fsp3) is 0.353. The maximum absolute atomic E-state index is 5.72. The summed E-state index contributed by atoms with van der Waals surface area (Å²) in [5.41, 5.74) is 1.30. The van der Waals surface area contributed by atoms with Crippen LogP contribution in [0.2, 0.25) is 0 Å². The van der Waals surface area contributed by atoms with Crippen LogP contribution in [0.5, 0.6) is 11.6 Å². The summed E-state index contributed by atoms with van der Waals surface area (Å²) in [5, 5.41) is 0. The Labute approximate surface area is 120 Å². The molecule has 1 fully saturated rings. The zero-order chi connectivity index (χ0) is 13.8. The summed E-state index contributed by atoms with van der Waals surface area (Å²) in [7, 11) is 0. The van der Waals surface area contributed by atoms with E-state index in [1.54, 1.807) is 0 Å². The molecule has 0 unspecified atom stereocenters. The Morgan fingerprint density at radius 1 is 1.20 bits per heavy atom. The van der Waals surface area contributed by atoms with Crippen molar-refractivity contribution in [1.29, 1.82) is 0 Å². The molecule has 0 radical (unpaired) electrons. The second-order valence-electron chi connectivity index (χ2n) is 5.13. The first-order chi connectivity index (χ1) is 9.86. The lowest BCUT2D eigenvalue weighted by atomic mass is 10.1. The zero-order valence-electron chi connectivity index (χ0n) is 11.8. The van der Waals surface area contributed by atoms with Gasteiger partial charge in [0.2, 0.25) is 5.88 Å². The fourth-order valence-corrected chi connectivity index (χ4v) is 2.84. The highest BCUT2D eigenvalue weighted by atomic mass is 16.5. The van der Waals surface area contributed by atoms with Gasteiger partial charge >= 0.3 is 0 Å². The van der Waals surface area contributed by atoms with E-state index in [1.165, 1.54) is 24.9 Å². The molecule has 1 aliphatic heterocycles. The van der Waals surface area contributed by atoms with Crippen molar-refractivity contribution < 1.29 is 4.74 Å². The van der Waals surface area contributed by atoms with E-state index in [0.29, 0.717) is 11.9 Å². The summed E-state index contributed by atoms with van der Waals surface area (Å²) in [5.74, 6) is 1.48. The van der Waals surface area contributed by atoms with Crippen LogP contribution < -0.4 is 4.74 Å². The first-order valence-electron chi connectivity index (χ1n) is 7.29. The van der Waals surface area contributed by atoms with Crippen LogP contribution in [0.25, 0.3) is 0 Å². The monoisotopic (exact) mass is 268 g/mol. The number of para-hydroxylation sites is 1. The van der Waals surface area contributed by atoms with Gasteiger partial charge in [0.1, 0.15) is 5.75 Å². The van der Waals surface area contributed by atoms with Crippen LogP contribution in [-0.4, -0.2) is 23.0 Å². The zero-order valence-corrected chi connectivity index (χ0v) is 11.8. The summed E-state index contributed by atoms with van der Waals surface area (Å²) in [4.78, 5) is 6.95. The van der Waals surface area contributed by atoms with Crippen LogP contribution >= 0.6 is 0 Å². The van der Waals surface area contributed by atoms with E-state index >= 15 is 0 Å². The molecule has 1 aliphatic rings. The molecule has 0 spiro atoms. The molecule has 0 saturated carbocycles. The van der Waals surface area contributed by atoms with Crippen LogP contribution in [0.4, 0.5) is 0 Å². The van der Waals surface area contributed by atoms with Crippen LogP contribution in [-0.2, 0) is 0 Å².